The van der Waals surface area contributed by atoms with Gasteiger partial charge in [-0.25, -0.2) is 4.57 Å². The average molecular weight is 929 g/mol. The maximum absolute atomic E-state index is 12.8. The zero-order valence-corrected chi connectivity index (χ0v) is 39.4. The van der Waals surface area contributed by atoms with E-state index in [1.807, 2.05) is 30.4 Å². The first kappa shape index (κ1) is 59.0. The standard InChI is InChI=1S/C51H77O13P/c1-3-5-7-9-11-13-15-17-19-21-22-24-25-27-29-31-33-35-37-39-44(52)61-41-43(42-62-65(59,60)64-51-49(57)47(55)46(54)48(56)50(51)58)63-45(53)40-38-36-34-32-30-28-26-23-20-18-16-14-12-10-8-6-4-2/h5-8,11-14,17-20,22,24,26-29,32-35,43,46-51,54-58H,3-4,9-10,15-16,21,23,25,30-31,36-42H2,1-2H3,(H,59,60)/b7-5+,8-6+,13-11+,14-12+,19-17+,20-18+,24-22+,28-26+,29-27+,34-32+,35-33+/t43-,46?,47-,48?,49?,50?,51?/m0/s1. The average Bonchev–Trinajstić information content (AvgIpc) is 3.29. The molecule has 8 atom stereocenters. The van der Waals surface area contributed by atoms with Crippen LogP contribution in [0.4, 0.5) is 0 Å². The van der Waals surface area contributed by atoms with Crippen molar-refractivity contribution in [1.82, 2.24) is 0 Å². The van der Waals surface area contributed by atoms with E-state index in [-0.39, 0.29) is 12.8 Å². The van der Waals surface area contributed by atoms with E-state index in [1.165, 1.54) is 0 Å². The second kappa shape index (κ2) is 39.2. The predicted octanol–water partition coefficient (Wildman–Crippen LogP) is 9.16. The lowest BCUT2D eigenvalue weighted by Gasteiger charge is -2.41. The van der Waals surface area contributed by atoms with Gasteiger partial charge >= 0.3 is 19.8 Å². The number of hydrogen-bond donors (Lipinski definition) is 6. The highest BCUT2D eigenvalue weighted by Gasteiger charge is 2.51. The zero-order valence-electron chi connectivity index (χ0n) is 38.5. The minimum atomic E-state index is -5.16. The van der Waals surface area contributed by atoms with Crippen LogP contribution in [-0.4, -0.2) is 98.3 Å². The molecule has 6 unspecified atom stereocenters. The molecule has 0 aromatic rings. The predicted molar refractivity (Wildman–Crippen MR) is 257 cm³/mol. The normalized spacial score (nSPS) is 22.6. The summed E-state index contributed by atoms with van der Waals surface area (Å²) in [6, 6.07) is 0. The molecule has 0 aromatic carbocycles. The van der Waals surface area contributed by atoms with E-state index in [0.29, 0.717) is 25.7 Å². The Balaban J connectivity index is 2.57. The Morgan fingerprint density at radius 3 is 1.23 bits per heavy atom. The van der Waals surface area contributed by atoms with E-state index in [4.69, 9.17) is 18.5 Å². The Kier molecular flexibility index (Phi) is 35.6. The topological polar surface area (TPSA) is 210 Å². The number of ether oxygens (including phenoxy) is 2. The highest BCUT2D eigenvalue weighted by molar-refractivity contribution is 7.47. The molecule has 1 aliphatic rings. The summed E-state index contributed by atoms with van der Waals surface area (Å²) in [6.07, 6.45) is 43.8. The van der Waals surface area contributed by atoms with Crippen LogP contribution < -0.4 is 0 Å². The Morgan fingerprint density at radius 2 is 0.831 bits per heavy atom. The first-order chi connectivity index (χ1) is 31.4. The highest BCUT2D eigenvalue weighted by Crippen LogP contribution is 2.47. The number of rotatable bonds is 35. The van der Waals surface area contributed by atoms with Crippen LogP contribution in [0.2, 0.25) is 0 Å². The largest absolute Gasteiger partial charge is 0.472 e. The van der Waals surface area contributed by atoms with Crippen LogP contribution in [0, 0.1) is 0 Å². The number of carbonyl (C=O) groups excluding carboxylic acids is 2. The van der Waals surface area contributed by atoms with E-state index in [9.17, 15) is 44.6 Å². The van der Waals surface area contributed by atoms with Gasteiger partial charge in [0.1, 0.15) is 43.2 Å². The maximum atomic E-state index is 12.8. The third-order valence-electron chi connectivity index (χ3n) is 9.50. The summed E-state index contributed by atoms with van der Waals surface area (Å²) in [5, 5.41) is 50.2. The summed E-state index contributed by atoms with van der Waals surface area (Å²) in [7, 11) is -5.16. The number of phosphoric acid groups is 1. The first-order valence-corrected chi connectivity index (χ1v) is 24.5. The fourth-order valence-corrected chi connectivity index (χ4v) is 6.85. The van der Waals surface area contributed by atoms with Gasteiger partial charge in [0.05, 0.1) is 6.61 Å². The number of unbranched alkanes of at least 4 members (excludes halogenated alkanes) is 1. The molecule has 1 saturated carbocycles. The van der Waals surface area contributed by atoms with Crippen molar-refractivity contribution < 1.29 is 63.1 Å². The van der Waals surface area contributed by atoms with Crippen LogP contribution >= 0.6 is 7.82 Å². The highest BCUT2D eigenvalue weighted by atomic mass is 31.2. The van der Waals surface area contributed by atoms with Crippen molar-refractivity contribution in [2.24, 2.45) is 0 Å². The number of hydrogen-bond acceptors (Lipinski definition) is 12. The molecule has 1 rings (SSSR count). The molecule has 14 heteroatoms. The smallest absolute Gasteiger partial charge is 0.462 e. The van der Waals surface area contributed by atoms with Gasteiger partial charge in [0.25, 0.3) is 0 Å². The van der Waals surface area contributed by atoms with Crippen LogP contribution in [0.3, 0.4) is 0 Å². The van der Waals surface area contributed by atoms with Crippen molar-refractivity contribution in [3.05, 3.63) is 134 Å². The van der Waals surface area contributed by atoms with Crippen molar-refractivity contribution in [3.8, 4) is 0 Å². The minimum absolute atomic E-state index is 0.00666. The van der Waals surface area contributed by atoms with Gasteiger partial charge in [0, 0.05) is 12.8 Å². The van der Waals surface area contributed by atoms with Crippen LogP contribution in [0.15, 0.2) is 134 Å². The summed E-state index contributed by atoms with van der Waals surface area (Å²) in [4.78, 5) is 35.7. The van der Waals surface area contributed by atoms with Gasteiger partial charge in [-0.05, 0) is 89.9 Å². The molecule has 0 spiro atoms. The minimum Gasteiger partial charge on any atom is -0.462 e. The molecular weight excluding hydrogens is 852 g/mol. The first-order valence-electron chi connectivity index (χ1n) is 23.0. The number of aliphatic hydroxyl groups excluding tert-OH is 5. The summed E-state index contributed by atoms with van der Waals surface area (Å²) in [5.74, 6) is -1.28. The van der Waals surface area contributed by atoms with Gasteiger partial charge in [-0.3, -0.25) is 18.6 Å². The van der Waals surface area contributed by atoms with Crippen LogP contribution in [0.25, 0.3) is 0 Å². The summed E-state index contributed by atoms with van der Waals surface area (Å²) in [5.41, 5.74) is 0. The number of esters is 2. The molecule has 364 valence electrons. The molecule has 0 aliphatic heterocycles. The van der Waals surface area contributed by atoms with Crippen molar-refractivity contribution in [1.29, 1.82) is 0 Å². The van der Waals surface area contributed by atoms with Gasteiger partial charge < -0.3 is 39.9 Å². The summed E-state index contributed by atoms with van der Waals surface area (Å²) in [6.45, 7) is 2.93. The lowest BCUT2D eigenvalue weighted by atomic mass is 9.85. The maximum Gasteiger partial charge on any atom is 0.472 e. The molecule has 13 nitrogen and oxygen atoms in total. The number of carbonyl (C=O) groups is 2. The van der Waals surface area contributed by atoms with E-state index < -0.39 is 75.7 Å². The fraction of sp³-hybridized carbons (Fsp3) is 0.529. The van der Waals surface area contributed by atoms with Crippen LogP contribution in [-0.2, 0) is 32.7 Å². The van der Waals surface area contributed by atoms with E-state index in [1.54, 1.807) is 0 Å². The Morgan fingerprint density at radius 1 is 0.477 bits per heavy atom. The molecule has 0 saturated heterocycles. The molecular formula is C51H77O13P. The van der Waals surface area contributed by atoms with Gasteiger partial charge in [0.15, 0.2) is 6.10 Å². The molecule has 0 amide bonds. The molecule has 0 bridgehead atoms. The third-order valence-corrected chi connectivity index (χ3v) is 10.5. The van der Waals surface area contributed by atoms with E-state index in [0.717, 1.165) is 64.2 Å². The molecule has 0 aromatic heterocycles. The van der Waals surface area contributed by atoms with Crippen LogP contribution in [0.5, 0.6) is 0 Å². The number of aliphatic hydroxyl groups is 5. The van der Waals surface area contributed by atoms with Crippen molar-refractivity contribution in [2.75, 3.05) is 13.2 Å². The third kappa shape index (κ3) is 31.5. The lowest BCUT2D eigenvalue weighted by molar-refractivity contribution is -0.220. The SMILES string of the molecule is CC/C=C/C/C=C/C/C=C/C/C=C/C/C=C/C/C=C/CCC(=O)OC[C@@H](COP(=O)(O)OC1C(O)C(O)C(O)[C@H](O)C1O)OC(=O)CCC/C=C/C/C=C/C/C=C/C/C=C/C/C=C/CC. The number of phosphoric ester groups is 1. The summed E-state index contributed by atoms with van der Waals surface area (Å²) < 4.78 is 33.4. The molecule has 0 heterocycles. The Hall–Kier alpha value is -4.01. The molecule has 0 radical (unpaired) electrons. The van der Waals surface area contributed by atoms with Crippen molar-refractivity contribution in [3.63, 3.8) is 0 Å². The lowest BCUT2D eigenvalue weighted by Crippen LogP contribution is -2.64. The molecule has 6 N–H and O–H groups in total. The van der Waals surface area contributed by atoms with Gasteiger partial charge in [-0.1, -0.05) is 148 Å². The Bertz CT molecular complexity index is 1640. The second-order valence-electron chi connectivity index (χ2n) is 15.1. The number of allylic oxidation sites excluding steroid dienone is 22. The van der Waals surface area contributed by atoms with E-state index in [2.05, 4.69) is 117 Å². The zero-order chi connectivity index (χ0) is 47.8. The quantitative estimate of drug-likeness (QED) is 0.0152. The van der Waals surface area contributed by atoms with E-state index >= 15 is 0 Å². The molecule has 1 aliphatic carbocycles. The summed E-state index contributed by atoms with van der Waals surface area (Å²) >= 11 is 0. The molecule has 1 fully saturated rings. The van der Waals surface area contributed by atoms with Crippen molar-refractivity contribution >= 4 is 19.8 Å². The van der Waals surface area contributed by atoms with Gasteiger partial charge in [-0.15, -0.1) is 0 Å². The van der Waals surface area contributed by atoms with Gasteiger partial charge in [0.2, 0.25) is 0 Å². The Labute approximate surface area is 387 Å². The fourth-order valence-electron chi connectivity index (χ4n) is 5.88. The van der Waals surface area contributed by atoms with Crippen molar-refractivity contribution in [2.45, 2.75) is 159 Å². The monoisotopic (exact) mass is 929 g/mol. The van der Waals surface area contributed by atoms with Gasteiger partial charge in [-0.2, -0.15) is 0 Å². The molecule has 65 heavy (non-hydrogen) atoms. The van der Waals surface area contributed by atoms with Crippen LogP contribution in [0.1, 0.15) is 117 Å². The second-order valence-corrected chi connectivity index (χ2v) is 16.5.